The van der Waals surface area contributed by atoms with Crippen LogP contribution < -0.4 is 21.9 Å². The Morgan fingerprint density at radius 3 is 2.26 bits per heavy atom. The maximum absolute atomic E-state index is 13.5. The fraction of sp³-hybridized carbons (Fsp3) is 0.208. The van der Waals surface area contributed by atoms with Crippen LogP contribution in [0.5, 0.6) is 0 Å². The average molecular weight is 416 g/mol. The molecule has 0 saturated heterocycles. The average Bonchev–Trinajstić information content (AvgIpc) is 2.77. The molecule has 1 atom stereocenters. The van der Waals surface area contributed by atoms with Gasteiger partial charge in [0.25, 0.3) is 11.5 Å². The van der Waals surface area contributed by atoms with Gasteiger partial charge in [-0.2, -0.15) is 0 Å². The maximum atomic E-state index is 13.5. The van der Waals surface area contributed by atoms with Crippen molar-refractivity contribution in [2.75, 3.05) is 10.6 Å². The molecule has 3 aromatic rings. The Hall–Kier alpha value is -3.87. The van der Waals surface area contributed by atoms with E-state index in [0.717, 1.165) is 15.7 Å². The molecule has 2 N–H and O–H groups in total. The molecular formula is C24H24N4O3. The lowest BCUT2D eigenvalue weighted by Crippen LogP contribution is -2.43. The van der Waals surface area contributed by atoms with E-state index in [0.29, 0.717) is 28.3 Å². The van der Waals surface area contributed by atoms with E-state index in [-0.39, 0.29) is 5.91 Å². The number of nitrogens with zero attached hydrogens (tertiary/aromatic N) is 2. The summed E-state index contributed by atoms with van der Waals surface area (Å²) in [4.78, 5) is 39.2. The molecule has 7 heteroatoms. The second-order valence-corrected chi connectivity index (χ2v) is 7.74. The standard InChI is InChI=1S/C24H24N4O3/c1-14-10-8-9-13-17(14)26-22(29)18-15(2)25-21-20(19(18)16-11-6-5-7-12-16)23(30)28(4)24(31)27(21)3/h5-13,19,25H,1-4H3,(H,26,29)/t19-/m1/s1. The van der Waals surface area contributed by atoms with Gasteiger partial charge < -0.3 is 10.6 Å². The van der Waals surface area contributed by atoms with E-state index >= 15 is 0 Å². The van der Waals surface area contributed by atoms with Crippen LogP contribution in [0.15, 0.2) is 75.5 Å². The summed E-state index contributed by atoms with van der Waals surface area (Å²) in [5.41, 5.74) is 3.00. The number of hydrogen-bond donors (Lipinski definition) is 2. The van der Waals surface area contributed by atoms with E-state index in [9.17, 15) is 14.4 Å². The quantitative estimate of drug-likeness (QED) is 0.688. The second kappa shape index (κ2) is 7.75. The first-order valence-corrected chi connectivity index (χ1v) is 10.0. The van der Waals surface area contributed by atoms with Crippen molar-refractivity contribution in [1.82, 2.24) is 9.13 Å². The van der Waals surface area contributed by atoms with E-state index < -0.39 is 17.2 Å². The number of rotatable bonds is 3. The zero-order valence-electron chi connectivity index (χ0n) is 17.9. The van der Waals surface area contributed by atoms with Crippen molar-refractivity contribution in [3.63, 3.8) is 0 Å². The number of amides is 1. The van der Waals surface area contributed by atoms with Crippen LogP contribution in [0.1, 0.15) is 29.5 Å². The molecule has 0 aliphatic carbocycles. The molecule has 1 amide bonds. The Labute approximate surface area is 179 Å². The highest BCUT2D eigenvalue weighted by Gasteiger charge is 2.36. The Kier molecular flexibility index (Phi) is 5.10. The van der Waals surface area contributed by atoms with Gasteiger partial charge in [-0.05, 0) is 31.0 Å². The molecule has 31 heavy (non-hydrogen) atoms. The molecule has 0 radical (unpaired) electrons. The van der Waals surface area contributed by atoms with Crippen molar-refractivity contribution in [2.45, 2.75) is 19.8 Å². The summed E-state index contributed by atoms with van der Waals surface area (Å²) in [6.45, 7) is 3.71. The first kappa shape index (κ1) is 20.4. The first-order chi connectivity index (χ1) is 14.8. The van der Waals surface area contributed by atoms with E-state index in [2.05, 4.69) is 10.6 Å². The molecule has 4 rings (SSSR count). The molecule has 158 valence electrons. The molecule has 1 aliphatic rings. The number of anilines is 2. The monoisotopic (exact) mass is 416 g/mol. The largest absolute Gasteiger partial charge is 0.344 e. The van der Waals surface area contributed by atoms with Gasteiger partial charge in [-0.25, -0.2) is 4.79 Å². The smallest absolute Gasteiger partial charge is 0.332 e. The molecule has 0 saturated carbocycles. The number of carbonyl (C=O) groups is 1. The molecule has 0 bridgehead atoms. The zero-order valence-corrected chi connectivity index (χ0v) is 17.9. The normalized spacial score (nSPS) is 15.3. The van der Waals surface area contributed by atoms with Crippen LogP contribution >= 0.6 is 0 Å². The first-order valence-electron chi connectivity index (χ1n) is 10.0. The molecule has 1 aliphatic heterocycles. The molecule has 0 fully saturated rings. The fourth-order valence-corrected chi connectivity index (χ4v) is 4.07. The van der Waals surface area contributed by atoms with E-state index in [1.807, 2.05) is 61.5 Å². The summed E-state index contributed by atoms with van der Waals surface area (Å²) in [5.74, 6) is -0.506. The predicted octanol–water partition coefficient (Wildman–Crippen LogP) is 2.86. The molecule has 1 aromatic heterocycles. The van der Waals surface area contributed by atoms with Crippen LogP contribution in [-0.4, -0.2) is 15.0 Å². The number of hydrogen-bond acceptors (Lipinski definition) is 4. The molecule has 2 heterocycles. The summed E-state index contributed by atoms with van der Waals surface area (Å²) in [7, 11) is 3.06. The summed E-state index contributed by atoms with van der Waals surface area (Å²) < 4.78 is 2.49. The number of aromatic nitrogens is 2. The Bertz CT molecular complexity index is 1330. The highest BCUT2D eigenvalue weighted by Crippen LogP contribution is 2.39. The third-order valence-corrected chi connectivity index (χ3v) is 5.76. The number of benzene rings is 2. The molecule has 0 spiro atoms. The summed E-state index contributed by atoms with van der Waals surface area (Å²) in [5, 5.41) is 6.12. The van der Waals surface area contributed by atoms with Gasteiger partial charge in [0.05, 0.1) is 11.5 Å². The lowest BCUT2D eigenvalue weighted by Gasteiger charge is -2.31. The lowest BCUT2D eigenvalue weighted by atomic mass is 9.81. The van der Waals surface area contributed by atoms with Gasteiger partial charge in [0, 0.05) is 31.1 Å². The van der Waals surface area contributed by atoms with Crippen LogP contribution in [-0.2, 0) is 18.9 Å². The van der Waals surface area contributed by atoms with Gasteiger partial charge in [-0.15, -0.1) is 0 Å². The third-order valence-electron chi connectivity index (χ3n) is 5.76. The Morgan fingerprint density at radius 1 is 0.935 bits per heavy atom. The van der Waals surface area contributed by atoms with Crippen LogP contribution in [0, 0.1) is 6.92 Å². The van der Waals surface area contributed by atoms with E-state index in [1.165, 1.54) is 11.6 Å². The molecule has 0 unspecified atom stereocenters. The van der Waals surface area contributed by atoms with Crippen molar-refractivity contribution in [1.29, 1.82) is 0 Å². The number of allylic oxidation sites excluding steroid dienone is 1. The van der Waals surface area contributed by atoms with E-state index in [1.54, 1.807) is 14.0 Å². The highest BCUT2D eigenvalue weighted by atomic mass is 16.2. The van der Waals surface area contributed by atoms with Crippen LogP contribution in [0.3, 0.4) is 0 Å². The zero-order chi connectivity index (χ0) is 22.3. The van der Waals surface area contributed by atoms with Crippen molar-refractivity contribution in [3.8, 4) is 0 Å². The Morgan fingerprint density at radius 2 is 1.58 bits per heavy atom. The van der Waals surface area contributed by atoms with Crippen LogP contribution in [0.4, 0.5) is 11.5 Å². The van der Waals surface area contributed by atoms with Crippen molar-refractivity contribution in [2.24, 2.45) is 14.1 Å². The summed E-state index contributed by atoms with van der Waals surface area (Å²) in [6, 6.07) is 16.9. The number of carbonyl (C=O) groups excluding carboxylic acids is 1. The van der Waals surface area contributed by atoms with Crippen molar-refractivity contribution >= 4 is 17.4 Å². The SMILES string of the molecule is CC1=C(C(=O)Nc2ccccc2C)[C@@H](c2ccccc2)c2c(n(C)c(=O)n(C)c2=O)N1. The highest BCUT2D eigenvalue weighted by molar-refractivity contribution is 6.07. The van der Waals surface area contributed by atoms with Gasteiger partial charge in [0.15, 0.2) is 0 Å². The third kappa shape index (κ3) is 3.38. The molecular weight excluding hydrogens is 392 g/mol. The van der Waals surface area contributed by atoms with Crippen molar-refractivity contribution in [3.05, 3.63) is 103 Å². The summed E-state index contributed by atoms with van der Waals surface area (Å²) in [6.07, 6.45) is 0. The predicted molar refractivity (Wildman–Crippen MR) is 121 cm³/mol. The van der Waals surface area contributed by atoms with Gasteiger partial charge >= 0.3 is 5.69 Å². The number of aryl methyl sites for hydroxylation is 1. The molecule has 2 aromatic carbocycles. The van der Waals surface area contributed by atoms with Gasteiger partial charge in [0.2, 0.25) is 0 Å². The topological polar surface area (TPSA) is 85.1 Å². The van der Waals surface area contributed by atoms with Gasteiger partial charge in [-0.3, -0.25) is 18.7 Å². The molecule has 7 nitrogen and oxygen atoms in total. The minimum atomic E-state index is -0.619. The second-order valence-electron chi connectivity index (χ2n) is 7.74. The maximum Gasteiger partial charge on any atom is 0.332 e. The number of fused-ring (bicyclic) bond motifs is 1. The minimum Gasteiger partial charge on any atom is -0.344 e. The minimum absolute atomic E-state index is 0.297. The van der Waals surface area contributed by atoms with E-state index in [4.69, 9.17) is 0 Å². The van der Waals surface area contributed by atoms with Crippen molar-refractivity contribution < 1.29 is 4.79 Å². The van der Waals surface area contributed by atoms with Gasteiger partial charge in [0.1, 0.15) is 5.82 Å². The number of para-hydroxylation sites is 1. The van der Waals surface area contributed by atoms with Crippen LogP contribution in [0.2, 0.25) is 0 Å². The van der Waals surface area contributed by atoms with Crippen LogP contribution in [0.25, 0.3) is 0 Å². The summed E-state index contributed by atoms with van der Waals surface area (Å²) >= 11 is 0. The Balaban J connectivity index is 1.94. The van der Waals surface area contributed by atoms with Gasteiger partial charge in [-0.1, -0.05) is 48.5 Å². The number of nitrogens with one attached hydrogen (secondary N) is 2. The fourth-order valence-electron chi connectivity index (χ4n) is 4.07. The lowest BCUT2D eigenvalue weighted by molar-refractivity contribution is -0.113.